The third-order valence-electron chi connectivity index (χ3n) is 4.21. The summed E-state index contributed by atoms with van der Waals surface area (Å²) in [4.78, 5) is 0. The Morgan fingerprint density at radius 3 is 2.47 bits per heavy atom. The summed E-state index contributed by atoms with van der Waals surface area (Å²) in [6.07, 6.45) is 8.45. The van der Waals surface area contributed by atoms with E-state index < -0.39 is 0 Å². The monoisotopic (exact) mass is 211 g/mol. The Bertz CT molecular complexity index is 221. The first-order valence-corrected chi connectivity index (χ1v) is 6.45. The van der Waals surface area contributed by atoms with Crippen molar-refractivity contribution in [1.82, 2.24) is 5.32 Å². The van der Waals surface area contributed by atoms with Crippen LogP contribution in [0.2, 0.25) is 0 Å². The molecule has 0 aromatic rings. The molecule has 0 radical (unpaired) electrons. The molecular weight excluding hydrogens is 186 g/mol. The predicted octanol–water partition coefficient (Wildman–Crippen LogP) is 2.46. The topological polar surface area (TPSA) is 32.3 Å². The maximum absolute atomic E-state index is 10.0. The average molecular weight is 211 g/mol. The minimum absolute atomic E-state index is 0.360. The maximum Gasteiger partial charge on any atom is 0.0771 e. The van der Waals surface area contributed by atoms with Crippen LogP contribution in [0.15, 0.2) is 0 Å². The van der Waals surface area contributed by atoms with E-state index in [1.54, 1.807) is 0 Å². The lowest BCUT2D eigenvalue weighted by Crippen LogP contribution is -2.50. The van der Waals surface area contributed by atoms with E-state index in [0.717, 1.165) is 19.4 Å². The van der Waals surface area contributed by atoms with Crippen molar-refractivity contribution in [1.29, 1.82) is 0 Å². The zero-order chi connectivity index (χ0) is 10.9. The van der Waals surface area contributed by atoms with Crippen LogP contribution in [0.3, 0.4) is 0 Å². The van der Waals surface area contributed by atoms with Crippen LogP contribution >= 0.6 is 0 Å². The van der Waals surface area contributed by atoms with E-state index in [1.807, 2.05) is 0 Å². The molecule has 2 N–H and O–H groups in total. The molecule has 2 saturated carbocycles. The van der Waals surface area contributed by atoms with Crippen molar-refractivity contribution >= 4 is 0 Å². The molecular formula is C13H25NO. The summed E-state index contributed by atoms with van der Waals surface area (Å²) in [6.45, 7) is 5.53. The van der Waals surface area contributed by atoms with Crippen LogP contribution in [0, 0.1) is 5.41 Å². The largest absolute Gasteiger partial charge is 0.389 e. The summed E-state index contributed by atoms with van der Waals surface area (Å²) in [6, 6.07) is 0.637. The van der Waals surface area contributed by atoms with Gasteiger partial charge in [0, 0.05) is 12.6 Å². The Balaban J connectivity index is 1.74. The molecule has 0 saturated heterocycles. The summed E-state index contributed by atoms with van der Waals surface area (Å²) in [5, 5.41) is 13.6. The highest BCUT2D eigenvalue weighted by Gasteiger charge is 2.35. The fourth-order valence-electron chi connectivity index (χ4n) is 2.97. The Labute approximate surface area is 93.5 Å². The van der Waals surface area contributed by atoms with Gasteiger partial charge in [0.1, 0.15) is 0 Å². The van der Waals surface area contributed by atoms with E-state index >= 15 is 0 Å². The minimum Gasteiger partial charge on any atom is -0.389 e. The van der Waals surface area contributed by atoms with E-state index in [0.29, 0.717) is 11.5 Å². The van der Waals surface area contributed by atoms with Gasteiger partial charge in [-0.25, -0.2) is 0 Å². The van der Waals surface area contributed by atoms with Crippen molar-refractivity contribution in [2.75, 3.05) is 6.54 Å². The lowest BCUT2D eigenvalue weighted by atomic mass is 9.74. The maximum atomic E-state index is 10.0. The third-order valence-corrected chi connectivity index (χ3v) is 4.21. The van der Waals surface area contributed by atoms with Crippen LogP contribution in [-0.4, -0.2) is 23.3 Å². The van der Waals surface area contributed by atoms with E-state index in [9.17, 15) is 5.11 Å². The van der Waals surface area contributed by atoms with E-state index in [1.165, 1.54) is 32.1 Å². The third kappa shape index (κ3) is 2.94. The molecule has 0 aromatic heterocycles. The van der Waals surface area contributed by atoms with Crippen LogP contribution in [0.4, 0.5) is 0 Å². The van der Waals surface area contributed by atoms with Crippen molar-refractivity contribution in [3.63, 3.8) is 0 Å². The van der Waals surface area contributed by atoms with Gasteiger partial charge < -0.3 is 10.4 Å². The van der Waals surface area contributed by atoms with Crippen LogP contribution in [0.5, 0.6) is 0 Å². The molecule has 2 nitrogen and oxygen atoms in total. The molecule has 0 spiro atoms. The molecule has 0 bridgehead atoms. The minimum atomic E-state index is -0.360. The summed E-state index contributed by atoms with van der Waals surface area (Å²) < 4.78 is 0. The first kappa shape index (κ1) is 11.4. The SMILES string of the molecule is CC1(C)CCCC(NCC2(O)CCC2)C1. The zero-order valence-corrected chi connectivity index (χ0v) is 10.2. The summed E-state index contributed by atoms with van der Waals surface area (Å²) in [5.41, 5.74) is 0.139. The second-order valence-electron chi connectivity index (χ2n) is 6.42. The van der Waals surface area contributed by atoms with Crippen LogP contribution in [0.1, 0.15) is 58.8 Å². The lowest BCUT2D eigenvalue weighted by molar-refractivity contribution is -0.0351. The van der Waals surface area contributed by atoms with Gasteiger partial charge in [0.25, 0.3) is 0 Å². The zero-order valence-electron chi connectivity index (χ0n) is 10.2. The van der Waals surface area contributed by atoms with Gasteiger partial charge in [0.15, 0.2) is 0 Å². The normalized spacial score (nSPS) is 33.4. The smallest absolute Gasteiger partial charge is 0.0771 e. The van der Waals surface area contributed by atoms with Crippen LogP contribution in [-0.2, 0) is 0 Å². The van der Waals surface area contributed by atoms with Crippen LogP contribution in [0.25, 0.3) is 0 Å². The Morgan fingerprint density at radius 2 is 1.93 bits per heavy atom. The quantitative estimate of drug-likeness (QED) is 0.751. The van der Waals surface area contributed by atoms with Gasteiger partial charge in [-0.2, -0.15) is 0 Å². The molecule has 2 rings (SSSR count). The van der Waals surface area contributed by atoms with Gasteiger partial charge in [-0.15, -0.1) is 0 Å². The van der Waals surface area contributed by atoms with Gasteiger partial charge in [-0.05, 0) is 43.9 Å². The predicted molar refractivity (Wildman–Crippen MR) is 62.8 cm³/mol. The summed E-state index contributed by atoms with van der Waals surface area (Å²) >= 11 is 0. The molecule has 2 aliphatic carbocycles. The van der Waals surface area contributed by atoms with Gasteiger partial charge >= 0.3 is 0 Å². The molecule has 0 amide bonds. The standard InChI is InChI=1S/C13H25NO/c1-12(2)6-3-5-11(9-12)14-10-13(15)7-4-8-13/h11,14-15H,3-10H2,1-2H3. The molecule has 1 atom stereocenters. The number of hydrogen-bond acceptors (Lipinski definition) is 2. The van der Waals surface area contributed by atoms with Crippen molar-refractivity contribution < 1.29 is 5.11 Å². The highest BCUT2D eigenvalue weighted by atomic mass is 16.3. The van der Waals surface area contributed by atoms with Crippen molar-refractivity contribution in [2.45, 2.75) is 70.4 Å². The molecule has 0 aromatic carbocycles. The number of hydrogen-bond donors (Lipinski definition) is 2. The van der Waals surface area contributed by atoms with Gasteiger partial charge in [0.2, 0.25) is 0 Å². The van der Waals surface area contributed by atoms with Crippen LogP contribution < -0.4 is 5.32 Å². The second-order valence-corrected chi connectivity index (χ2v) is 6.42. The lowest BCUT2D eigenvalue weighted by Gasteiger charge is -2.41. The highest BCUT2D eigenvalue weighted by Crippen LogP contribution is 2.36. The summed E-state index contributed by atoms with van der Waals surface area (Å²) in [5.74, 6) is 0. The van der Waals surface area contributed by atoms with Crippen molar-refractivity contribution in [3.05, 3.63) is 0 Å². The fourth-order valence-corrected chi connectivity index (χ4v) is 2.97. The fraction of sp³-hybridized carbons (Fsp3) is 1.00. The highest BCUT2D eigenvalue weighted by molar-refractivity contribution is 4.92. The molecule has 2 fully saturated rings. The van der Waals surface area contributed by atoms with Gasteiger partial charge in [0.05, 0.1) is 5.60 Å². The Morgan fingerprint density at radius 1 is 1.20 bits per heavy atom. The van der Waals surface area contributed by atoms with Gasteiger partial charge in [-0.1, -0.05) is 20.3 Å². The van der Waals surface area contributed by atoms with E-state index in [2.05, 4.69) is 19.2 Å². The Hall–Kier alpha value is -0.0800. The van der Waals surface area contributed by atoms with Crippen molar-refractivity contribution in [3.8, 4) is 0 Å². The molecule has 2 heteroatoms. The molecule has 0 heterocycles. The first-order valence-electron chi connectivity index (χ1n) is 6.45. The van der Waals surface area contributed by atoms with Gasteiger partial charge in [-0.3, -0.25) is 0 Å². The molecule has 88 valence electrons. The average Bonchev–Trinajstić information content (AvgIpc) is 2.10. The first-order chi connectivity index (χ1) is 6.99. The number of aliphatic hydroxyl groups is 1. The summed E-state index contributed by atoms with van der Waals surface area (Å²) in [7, 11) is 0. The number of nitrogens with one attached hydrogen (secondary N) is 1. The van der Waals surface area contributed by atoms with E-state index in [-0.39, 0.29) is 5.60 Å². The second kappa shape index (κ2) is 4.06. The molecule has 0 aliphatic heterocycles. The molecule has 1 unspecified atom stereocenters. The molecule has 15 heavy (non-hydrogen) atoms. The van der Waals surface area contributed by atoms with Crippen molar-refractivity contribution in [2.24, 2.45) is 5.41 Å². The Kier molecular flexibility index (Phi) is 3.09. The van der Waals surface area contributed by atoms with E-state index in [4.69, 9.17) is 0 Å². The molecule has 2 aliphatic rings. The number of rotatable bonds is 3.